The van der Waals surface area contributed by atoms with Crippen molar-refractivity contribution in [2.24, 2.45) is 0 Å². The van der Waals surface area contributed by atoms with Crippen LogP contribution in [0.1, 0.15) is 0 Å². The smallest absolute Gasteiger partial charge is 0.232 e. The molecule has 0 aliphatic carbocycles. The van der Waals surface area contributed by atoms with Crippen molar-refractivity contribution in [3.05, 3.63) is 25.3 Å². The number of sulfonamides is 1. The second-order valence-electron chi connectivity index (χ2n) is 5.55. The molecule has 10 heteroatoms. The molecule has 0 radical (unpaired) electrons. The summed E-state index contributed by atoms with van der Waals surface area (Å²) < 4.78 is 26.1. The van der Waals surface area contributed by atoms with E-state index < -0.39 is 10.0 Å². The highest BCUT2D eigenvalue weighted by Gasteiger charge is 2.28. The molecule has 0 aromatic carbocycles. The lowest BCUT2D eigenvalue weighted by atomic mass is 10.3. The number of nitrogens with zero attached hydrogens (tertiary/aromatic N) is 2. The molecule has 0 atom stereocenters. The Hall–Kier alpha value is -0.970. The van der Waals surface area contributed by atoms with Crippen LogP contribution in [-0.2, 0) is 19.6 Å². The lowest BCUT2D eigenvalue weighted by Crippen LogP contribution is -2.52. The van der Waals surface area contributed by atoms with E-state index in [0.29, 0.717) is 37.7 Å². The van der Waals surface area contributed by atoms with Gasteiger partial charge in [-0.05, 0) is 0 Å². The molecule has 1 N–H and O–H groups in total. The van der Waals surface area contributed by atoms with Crippen LogP contribution in [-0.4, -0.2) is 90.9 Å². The molecule has 148 valence electrons. The number of amides is 2. The highest BCUT2D eigenvalue weighted by atomic mass is 32.2. The Morgan fingerprint density at radius 2 is 1.58 bits per heavy atom. The molecule has 0 bridgehead atoms. The Balaban J connectivity index is 2.31. The van der Waals surface area contributed by atoms with Gasteiger partial charge in [-0.1, -0.05) is 12.2 Å². The molecule has 1 rings (SSSR count). The van der Waals surface area contributed by atoms with Crippen LogP contribution in [0.2, 0.25) is 0 Å². The van der Waals surface area contributed by atoms with E-state index in [0.717, 1.165) is 5.75 Å². The van der Waals surface area contributed by atoms with Gasteiger partial charge in [-0.3, -0.25) is 9.59 Å². The number of rotatable bonds is 12. The number of hydrogen-bond acceptors (Lipinski definition) is 6. The van der Waals surface area contributed by atoms with Crippen LogP contribution in [0.4, 0.5) is 0 Å². The van der Waals surface area contributed by atoms with Crippen molar-refractivity contribution in [2.75, 3.05) is 61.5 Å². The van der Waals surface area contributed by atoms with E-state index in [9.17, 15) is 18.0 Å². The monoisotopic (exact) mass is 421 g/mol. The zero-order chi connectivity index (χ0) is 19.4. The molecule has 1 aliphatic rings. The van der Waals surface area contributed by atoms with Crippen LogP contribution in [0.15, 0.2) is 25.3 Å². The van der Waals surface area contributed by atoms with Crippen molar-refractivity contribution >= 4 is 45.4 Å². The first kappa shape index (κ1) is 23.1. The lowest BCUT2D eigenvalue weighted by Gasteiger charge is -2.34. The van der Waals surface area contributed by atoms with Crippen LogP contribution in [0.3, 0.4) is 0 Å². The topological polar surface area (TPSA) is 86.8 Å². The van der Waals surface area contributed by atoms with E-state index >= 15 is 0 Å². The van der Waals surface area contributed by atoms with Gasteiger partial charge in [0.1, 0.15) is 0 Å². The maximum atomic E-state index is 12.4. The SMILES string of the molecule is C=CCSCC(=O)NCCS(=O)(=O)N1CCN(C(=O)CSCC=C)CC1. The first-order chi connectivity index (χ1) is 12.4. The van der Waals surface area contributed by atoms with Crippen LogP contribution in [0.25, 0.3) is 0 Å². The average Bonchev–Trinajstić information content (AvgIpc) is 2.62. The fourth-order valence-electron chi connectivity index (χ4n) is 2.27. The highest BCUT2D eigenvalue weighted by molar-refractivity contribution is 8.00. The molecule has 1 aliphatic heterocycles. The Morgan fingerprint density at radius 3 is 2.15 bits per heavy atom. The van der Waals surface area contributed by atoms with E-state index in [2.05, 4.69) is 18.5 Å². The Labute approximate surface area is 164 Å². The zero-order valence-corrected chi connectivity index (χ0v) is 17.3. The second kappa shape index (κ2) is 12.4. The van der Waals surface area contributed by atoms with Crippen molar-refractivity contribution in [2.45, 2.75) is 0 Å². The van der Waals surface area contributed by atoms with E-state index in [-0.39, 0.29) is 29.9 Å². The lowest BCUT2D eigenvalue weighted by molar-refractivity contribution is -0.129. The maximum absolute atomic E-state index is 12.4. The summed E-state index contributed by atoms with van der Waals surface area (Å²) in [5, 5.41) is 2.62. The molecule has 0 saturated carbocycles. The van der Waals surface area contributed by atoms with Crippen LogP contribution >= 0.6 is 23.5 Å². The van der Waals surface area contributed by atoms with Crippen molar-refractivity contribution in [3.63, 3.8) is 0 Å². The summed E-state index contributed by atoms with van der Waals surface area (Å²) in [6.07, 6.45) is 3.46. The van der Waals surface area contributed by atoms with Gasteiger partial charge in [-0.25, -0.2) is 8.42 Å². The molecule has 0 spiro atoms. The van der Waals surface area contributed by atoms with Crippen LogP contribution in [0, 0.1) is 0 Å². The highest BCUT2D eigenvalue weighted by Crippen LogP contribution is 2.10. The molecule has 1 fully saturated rings. The molecule has 0 aromatic heterocycles. The van der Waals surface area contributed by atoms with Gasteiger partial charge in [0.15, 0.2) is 0 Å². The summed E-state index contributed by atoms with van der Waals surface area (Å²) in [5.41, 5.74) is 0. The third-order valence-electron chi connectivity index (χ3n) is 3.60. The van der Waals surface area contributed by atoms with Gasteiger partial charge >= 0.3 is 0 Å². The van der Waals surface area contributed by atoms with Gasteiger partial charge in [-0.15, -0.1) is 36.7 Å². The summed E-state index contributed by atoms with van der Waals surface area (Å²) in [5.74, 6) is 1.79. The third-order valence-corrected chi connectivity index (χ3v) is 7.33. The molecule has 2 amide bonds. The van der Waals surface area contributed by atoms with Crippen molar-refractivity contribution in [1.29, 1.82) is 0 Å². The maximum Gasteiger partial charge on any atom is 0.232 e. The van der Waals surface area contributed by atoms with Crippen LogP contribution < -0.4 is 5.32 Å². The number of nitrogens with one attached hydrogen (secondary N) is 1. The predicted octanol–water partition coefficient (Wildman–Crippen LogP) is 0.415. The zero-order valence-electron chi connectivity index (χ0n) is 14.9. The molecule has 1 heterocycles. The molecular weight excluding hydrogens is 394 g/mol. The van der Waals surface area contributed by atoms with Gasteiger partial charge in [-0.2, -0.15) is 4.31 Å². The average molecular weight is 422 g/mol. The summed E-state index contributed by atoms with van der Waals surface area (Å²) in [6, 6.07) is 0. The summed E-state index contributed by atoms with van der Waals surface area (Å²) in [4.78, 5) is 25.3. The Kier molecular flexibility index (Phi) is 11.0. The minimum Gasteiger partial charge on any atom is -0.354 e. The van der Waals surface area contributed by atoms with Gasteiger partial charge in [0.2, 0.25) is 21.8 Å². The van der Waals surface area contributed by atoms with Crippen molar-refractivity contribution in [3.8, 4) is 0 Å². The fraction of sp³-hybridized carbons (Fsp3) is 0.625. The first-order valence-electron chi connectivity index (χ1n) is 8.30. The fourth-order valence-corrected chi connectivity index (χ4v) is 4.82. The summed E-state index contributed by atoms with van der Waals surface area (Å²) in [6.45, 7) is 8.66. The molecule has 1 saturated heterocycles. The summed E-state index contributed by atoms with van der Waals surface area (Å²) >= 11 is 2.92. The standard InChI is InChI=1S/C16H27N3O4S3/c1-3-10-24-13-15(20)17-5-12-26(22,23)19-8-6-18(7-9-19)16(21)14-25-11-4-2/h3-4H,1-2,5-14H2,(H,17,20). The number of carbonyl (C=O) groups excluding carboxylic acids is 2. The van der Waals surface area contributed by atoms with Gasteiger partial charge in [0.25, 0.3) is 0 Å². The van der Waals surface area contributed by atoms with Gasteiger partial charge < -0.3 is 10.2 Å². The van der Waals surface area contributed by atoms with Gasteiger partial charge in [0, 0.05) is 44.2 Å². The van der Waals surface area contributed by atoms with Gasteiger partial charge in [0.05, 0.1) is 17.3 Å². The summed E-state index contributed by atoms with van der Waals surface area (Å²) in [7, 11) is -3.43. The van der Waals surface area contributed by atoms with Crippen LogP contribution in [0.5, 0.6) is 0 Å². The molecule has 0 unspecified atom stereocenters. The number of carbonyl (C=O) groups is 2. The van der Waals surface area contributed by atoms with Crippen molar-refractivity contribution in [1.82, 2.24) is 14.5 Å². The second-order valence-corrected chi connectivity index (χ2v) is 9.70. The molecular formula is C16H27N3O4S3. The van der Waals surface area contributed by atoms with E-state index in [1.54, 1.807) is 17.1 Å². The minimum absolute atomic E-state index is 0.0261. The Bertz CT molecular complexity index is 588. The molecule has 0 aromatic rings. The van der Waals surface area contributed by atoms with E-state index in [1.807, 2.05) is 0 Å². The van der Waals surface area contributed by atoms with E-state index in [4.69, 9.17) is 0 Å². The minimum atomic E-state index is -3.43. The van der Waals surface area contributed by atoms with Crippen molar-refractivity contribution < 1.29 is 18.0 Å². The first-order valence-corrected chi connectivity index (χ1v) is 12.2. The predicted molar refractivity (Wildman–Crippen MR) is 110 cm³/mol. The normalized spacial score (nSPS) is 15.5. The largest absolute Gasteiger partial charge is 0.354 e. The quantitative estimate of drug-likeness (QED) is 0.363. The molecule has 7 nitrogen and oxygen atoms in total. The number of thioether (sulfide) groups is 2. The third kappa shape index (κ3) is 8.61. The Morgan fingerprint density at radius 1 is 1.00 bits per heavy atom. The number of piperazine rings is 1. The van der Waals surface area contributed by atoms with E-state index in [1.165, 1.54) is 27.8 Å². The number of hydrogen-bond donors (Lipinski definition) is 1. The molecule has 26 heavy (non-hydrogen) atoms.